The molecule has 0 radical (unpaired) electrons. The van der Waals surface area contributed by atoms with E-state index in [0.717, 1.165) is 18.4 Å². The van der Waals surface area contributed by atoms with Crippen LogP contribution >= 0.6 is 11.6 Å². The summed E-state index contributed by atoms with van der Waals surface area (Å²) in [6, 6.07) is 6.13. The number of aryl methyl sites for hydroxylation is 1. The Hall–Kier alpha value is -2.87. The third-order valence-electron chi connectivity index (χ3n) is 6.67. The van der Waals surface area contributed by atoms with Crippen molar-refractivity contribution in [3.05, 3.63) is 52.6 Å². The molecule has 35 heavy (non-hydrogen) atoms. The van der Waals surface area contributed by atoms with Gasteiger partial charge in [-0.05, 0) is 71.1 Å². The molecule has 2 aliphatic rings. The van der Waals surface area contributed by atoms with Crippen LogP contribution in [0.1, 0.15) is 57.6 Å². The van der Waals surface area contributed by atoms with Crippen LogP contribution in [0.2, 0.25) is 5.15 Å². The van der Waals surface area contributed by atoms with E-state index in [2.05, 4.69) is 4.98 Å². The Balaban J connectivity index is 1.59. The Morgan fingerprint density at radius 1 is 1.23 bits per heavy atom. The first-order valence-electron chi connectivity index (χ1n) is 11.9. The van der Waals surface area contributed by atoms with Crippen molar-refractivity contribution in [3.63, 3.8) is 0 Å². The van der Waals surface area contributed by atoms with Crippen molar-refractivity contribution in [2.24, 2.45) is 0 Å². The second-order valence-corrected chi connectivity index (χ2v) is 10.7. The molecular formula is C26H32ClFN4O3. The fraction of sp³-hybridized carbons (Fsp3) is 0.500. The van der Waals surface area contributed by atoms with Gasteiger partial charge in [0.1, 0.15) is 16.6 Å². The zero-order chi connectivity index (χ0) is 25.5. The molecule has 1 fully saturated rings. The summed E-state index contributed by atoms with van der Waals surface area (Å²) in [6.07, 6.45) is 4.12. The number of benzene rings is 1. The first-order chi connectivity index (χ1) is 16.5. The maximum Gasteiger partial charge on any atom is 0.410 e. The van der Waals surface area contributed by atoms with Gasteiger partial charge in [-0.3, -0.25) is 9.80 Å². The lowest BCUT2D eigenvalue weighted by Gasteiger charge is -2.44. The van der Waals surface area contributed by atoms with E-state index in [-0.39, 0.29) is 36.4 Å². The summed E-state index contributed by atoms with van der Waals surface area (Å²) in [6.45, 7) is 7.55. The molecule has 0 unspecified atom stereocenters. The van der Waals surface area contributed by atoms with Gasteiger partial charge >= 0.3 is 12.1 Å². The molecular weight excluding hydrogens is 471 g/mol. The van der Waals surface area contributed by atoms with Crippen molar-refractivity contribution in [2.45, 2.75) is 77.6 Å². The van der Waals surface area contributed by atoms with Crippen LogP contribution in [0.25, 0.3) is 0 Å². The van der Waals surface area contributed by atoms with Crippen molar-refractivity contribution in [2.75, 3.05) is 16.8 Å². The summed E-state index contributed by atoms with van der Waals surface area (Å²) in [5.41, 5.74) is 1.93. The number of fused-ring (bicyclic) bond motifs is 1. The van der Waals surface area contributed by atoms with Crippen molar-refractivity contribution in [3.8, 4) is 0 Å². The third-order valence-corrected chi connectivity index (χ3v) is 6.88. The third kappa shape index (κ3) is 5.22. The van der Waals surface area contributed by atoms with Crippen LogP contribution in [-0.2, 0) is 11.3 Å². The molecule has 188 valence electrons. The number of urea groups is 1. The van der Waals surface area contributed by atoms with E-state index in [4.69, 9.17) is 16.3 Å². The van der Waals surface area contributed by atoms with Crippen LogP contribution in [0.15, 0.2) is 30.5 Å². The van der Waals surface area contributed by atoms with E-state index in [9.17, 15) is 14.0 Å². The van der Waals surface area contributed by atoms with Crippen LogP contribution in [0.4, 0.5) is 25.4 Å². The highest BCUT2D eigenvalue weighted by Gasteiger charge is 2.40. The maximum absolute atomic E-state index is 14.9. The molecule has 0 spiro atoms. The predicted octanol–water partition coefficient (Wildman–Crippen LogP) is 6.31. The minimum absolute atomic E-state index is 0.0198. The maximum atomic E-state index is 14.9. The van der Waals surface area contributed by atoms with Gasteiger partial charge in [0.2, 0.25) is 0 Å². The molecule has 1 saturated carbocycles. The van der Waals surface area contributed by atoms with Gasteiger partial charge in [0.25, 0.3) is 0 Å². The number of pyridine rings is 1. The lowest BCUT2D eigenvalue weighted by molar-refractivity contribution is 0.0183. The first kappa shape index (κ1) is 25.2. The number of halogens is 2. The minimum atomic E-state index is -0.561. The van der Waals surface area contributed by atoms with Gasteiger partial charge in [-0.1, -0.05) is 23.7 Å². The monoisotopic (exact) mass is 502 g/mol. The molecule has 2 heterocycles. The smallest absolute Gasteiger partial charge is 0.410 e. The largest absolute Gasteiger partial charge is 0.444 e. The molecule has 0 bridgehead atoms. The van der Waals surface area contributed by atoms with Crippen LogP contribution in [0.3, 0.4) is 0 Å². The number of hydrogen-bond donors (Lipinski definition) is 0. The highest BCUT2D eigenvalue weighted by atomic mass is 35.5. The van der Waals surface area contributed by atoms with Crippen molar-refractivity contribution in [1.82, 2.24) is 9.88 Å². The van der Waals surface area contributed by atoms with E-state index in [0.29, 0.717) is 29.2 Å². The fourth-order valence-corrected chi connectivity index (χ4v) is 5.10. The first-order valence-corrected chi connectivity index (χ1v) is 12.3. The van der Waals surface area contributed by atoms with Gasteiger partial charge in [-0.2, -0.15) is 0 Å². The summed E-state index contributed by atoms with van der Waals surface area (Å²) in [7, 11) is 1.76. The number of para-hydroxylation sites is 1. The van der Waals surface area contributed by atoms with E-state index in [1.54, 1.807) is 48.2 Å². The summed E-state index contributed by atoms with van der Waals surface area (Å²) in [4.78, 5) is 35.4. The highest BCUT2D eigenvalue weighted by molar-refractivity contribution is 6.29. The van der Waals surface area contributed by atoms with Crippen molar-refractivity contribution >= 4 is 35.1 Å². The zero-order valence-electron chi connectivity index (χ0n) is 20.8. The van der Waals surface area contributed by atoms with Crippen LogP contribution in [0, 0.1) is 12.7 Å². The number of anilines is 2. The predicted molar refractivity (Wildman–Crippen MR) is 134 cm³/mol. The zero-order valence-corrected chi connectivity index (χ0v) is 21.6. The number of carbonyl (C=O) groups excluding carboxylic acids is 2. The molecule has 0 N–H and O–H groups in total. The molecule has 7 nitrogen and oxygen atoms in total. The Bertz CT molecular complexity index is 1110. The standard InChI is InChI=1S/C26H32ClFN4O3/c1-16-7-6-8-20(28)23(16)31-15-17-14-29-22(27)13-21(17)32(24(31)33)19-11-9-18(10-12-19)30(5)25(34)35-26(2,3)4/h6-8,13-14,18-19H,9-12,15H2,1-5H3/t18-,19-. The summed E-state index contributed by atoms with van der Waals surface area (Å²) in [5, 5.41) is 0.301. The van der Waals surface area contributed by atoms with Crippen molar-refractivity contribution in [1.29, 1.82) is 0 Å². The molecule has 1 aromatic carbocycles. The highest BCUT2D eigenvalue weighted by Crippen LogP contribution is 2.39. The Kier molecular flexibility index (Phi) is 6.95. The fourth-order valence-electron chi connectivity index (χ4n) is 4.94. The second-order valence-electron chi connectivity index (χ2n) is 10.3. The minimum Gasteiger partial charge on any atom is -0.444 e. The SMILES string of the molecule is Cc1cccc(F)c1N1Cc2cnc(Cl)cc2N([C@H]2CC[C@H](N(C)C(=O)OC(C)(C)C)CC2)C1=O. The van der Waals surface area contributed by atoms with Crippen LogP contribution in [-0.4, -0.2) is 46.7 Å². The lowest BCUT2D eigenvalue weighted by Crippen LogP contribution is -2.54. The van der Waals surface area contributed by atoms with E-state index in [1.165, 1.54) is 11.0 Å². The Morgan fingerprint density at radius 3 is 2.54 bits per heavy atom. The summed E-state index contributed by atoms with van der Waals surface area (Å²) in [5.74, 6) is -0.439. The molecule has 9 heteroatoms. The number of carbonyl (C=O) groups is 2. The van der Waals surface area contributed by atoms with Crippen LogP contribution in [0.5, 0.6) is 0 Å². The van der Waals surface area contributed by atoms with Gasteiger partial charge in [0, 0.05) is 30.9 Å². The van der Waals surface area contributed by atoms with E-state index >= 15 is 0 Å². The number of nitrogens with zero attached hydrogens (tertiary/aromatic N) is 4. The Labute approximate surface area is 210 Å². The number of hydrogen-bond acceptors (Lipinski definition) is 4. The molecule has 0 saturated heterocycles. The quantitative estimate of drug-likeness (QED) is 0.461. The van der Waals surface area contributed by atoms with Crippen molar-refractivity contribution < 1.29 is 18.7 Å². The van der Waals surface area contributed by atoms with Crippen LogP contribution < -0.4 is 9.80 Å². The molecule has 3 amide bonds. The summed E-state index contributed by atoms with van der Waals surface area (Å²) < 4.78 is 20.4. The number of aromatic nitrogens is 1. The molecule has 1 aliphatic carbocycles. The van der Waals surface area contributed by atoms with E-state index in [1.807, 2.05) is 20.8 Å². The molecule has 2 aromatic rings. The second kappa shape index (κ2) is 9.64. The molecule has 0 atom stereocenters. The van der Waals surface area contributed by atoms with Gasteiger partial charge in [-0.25, -0.2) is 19.0 Å². The molecule has 4 rings (SSSR count). The number of ether oxygens (including phenoxy) is 1. The Morgan fingerprint density at radius 2 is 1.91 bits per heavy atom. The number of rotatable bonds is 3. The van der Waals surface area contributed by atoms with Gasteiger partial charge < -0.3 is 9.64 Å². The van der Waals surface area contributed by atoms with Gasteiger partial charge in [0.15, 0.2) is 0 Å². The van der Waals surface area contributed by atoms with E-state index < -0.39 is 11.4 Å². The average Bonchev–Trinajstić information content (AvgIpc) is 2.78. The van der Waals surface area contributed by atoms with Gasteiger partial charge in [-0.15, -0.1) is 0 Å². The molecule has 1 aromatic heterocycles. The lowest BCUT2D eigenvalue weighted by atomic mass is 9.88. The average molecular weight is 503 g/mol. The van der Waals surface area contributed by atoms with Gasteiger partial charge in [0.05, 0.1) is 17.9 Å². The normalized spacial score (nSPS) is 20.5. The topological polar surface area (TPSA) is 66.0 Å². The summed E-state index contributed by atoms with van der Waals surface area (Å²) >= 11 is 6.20. The molecule has 1 aliphatic heterocycles. The number of amides is 3.